The average Bonchev–Trinajstić information content (AvgIpc) is 2.52. The smallest absolute Gasteiger partial charge is 0.143 e. The van der Waals surface area contributed by atoms with Gasteiger partial charge in [-0.05, 0) is 36.8 Å². The first-order valence-electron chi connectivity index (χ1n) is 6.90. The van der Waals surface area contributed by atoms with Crippen molar-refractivity contribution in [1.29, 1.82) is 5.26 Å². The highest BCUT2D eigenvalue weighted by molar-refractivity contribution is 5.48. The zero-order chi connectivity index (χ0) is 15.1. The van der Waals surface area contributed by atoms with Crippen LogP contribution in [-0.2, 0) is 0 Å². The summed E-state index contributed by atoms with van der Waals surface area (Å²) in [6.45, 7) is 1.66. The molecular formula is C17H18FN3. The monoisotopic (exact) mass is 283 g/mol. The lowest BCUT2D eigenvalue weighted by atomic mass is 10.2. The average molecular weight is 283 g/mol. The molecule has 0 saturated heterocycles. The van der Waals surface area contributed by atoms with Gasteiger partial charge in [0, 0.05) is 31.5 Å². The Balaban J connectivity index is 1.77. The molecule has 0 atom stereocenters. The van der Waals surface area contributed by atoms with Gasteiger partial charge in [0.2, 0.25) is 0 Å². The number of rotatable bonds is 6. The highest BCUT2D eigenvalue weighted by atomic mass is 19.1. The summed E-state index contributed by atoms with van der Waals surface area (Å²) in [6, 6.07) is 16.6. The van der Waals surface area contributed by atoms with Crippen molar-refractivity contribution in [2.45, 2.75) is 6.42 Å². The van der Waals surface area contributed by atoms with E-state index in [1.807, 2.05) is 24.3 Å². The minimum absolute atomic E-state index is 0.0735. The molecule has 21 heavy (non-hydrogen) atoms. The highest BCUT2D eigenvalue weighted by Gasteiger charge is 2.03. The number of nitriles is 1. The number of anilines is 2. The molecule has 0 bridgehead atoms. The van der Waals surface area contributed by atoms with Crippen LogP contribution in [0.15, 0.2) is 48.5 Å². The summed E-state index contributed by atoms with van der Waals surface area (Å²) >= 11 is 0. The van der Waals surface area contributed by atoms with Crippen LogP contribution in [0.3, 0.4) is 0 Å². The van der Waals surface area contributed by atoms with Crippen molar-refractivity contribution >= 4 is 11.4 Å². The van der Waals surface area contributed by atoms with Gasteiger partial charge in [0.25, 0.3) is 0 Å². The number of nitrogens with zero attached hydrogens (tertiary/aromatic N) is 2. The first-order valence-corrected chi connectivity index (χ1v) is 6.90. The van der Waals surface area contributed by atoms with Crippen LogP contribution in [0.1, 0.15) is 12.0 Å². The summed E-state index contributed by atoms with van der Waals surface area (Å²) in [5.41, 5.74) is 1.96. The van der Waals surface area contributed by atoms with Crippen LogP contribution in [-0.4, -0.2) is 20.1 Å². The van der Waals surface area contributed by atoms with Crippen LogP contribution in [0, 0.1) is 17.1 Å². The molecule has 4 heteroatoms. The van der Waals surface area contributed by atoms with Gasteiger partial charge in [0.1, 0.15) is 11.9 Å². The van der Waals surface area contributed by atoms with E-state index in [0.717, 1.165) is 19.5 Å². The Labute approximate surface area is 124 Å². The lowest BCUT2D eigenvalue weighted by molar-refractivity contribution is 0.624. The predicted octanol–water partition coefficient (Wildman–Crippen LogP) is 3.64. The maximum atomic E-state index is 13.4. The summed E-state index contributed by atoms with van der Waals surface area (Å²) in [7, 11) is 2.05. The molecule has 1 N–H and O–H groups in total. The summed E-state index contributed by atoms with van der Waals surface area (Å²) < 4.78 is 13.4. The second kappa shape index (κ2) is 7.30. The van der Waals surface area contributed by atoms with Gasteiger partial charge in [0.15, 0.2) is 0 Å². The Morgan fingerprint density at radius 1 is 1.19 bits per heavy atom. The molecule has 0 saturated carbocycles. The van der Waals surface area contributed by atoms with E-state index >= 15 is 0 Å². The fourth-order valence-electron chi connectivity index (χ4n) is 2.08. The van der Waals surface area contributed by atoms with Crippen molar-refractivity contribution in [2.75, 3.05) is 30.4 Å². The number of nitrogens with one attached hydrogen (secondary N) is 1. The molecule has 0 radical (unpaired) electrons. The minimum Gasteiger partial charge on any atom is -0.385 e. The van der Waals surface area contributed by atoms with Gasteiger partial charge in [-0.25, -0.2) is 4.39 Å². The van der Waals surface area contributed by atoms with Crippen LogP contribution < -0.4 is 10.2 Å². The Hall–Kier alpha value is -2.54. The first kappa shape index (κ1) is 14.9. The fourth-order valence-corrected chi connectivity index (χ4v) is 2.08. The maximum absolute atomic E-state index is 13.4. The molecule has 0 aliphatic carbocycles. The standard InChI is InChI=1S/C17H18FN3/c1-21(16-6-3-2-4-7-16)11-5-10-20-15-9-8-14(13-19)17(18)12-15/h2-4,6-9,12,20H,5,10-11H2,1H3. The van der Waals surface area contributed by atoms with Crippen molar-refractivity contribution in [3.05, 3.63) is 59.9 Å². The second-order valence-corrected chi connectivity index (χ2v) is 4.84. The van der Waals surface area contributed by atoms with E-state index in [4.69, 9.17) is 5.26 Å². The molecular weight excluding hydrogens is 265 g/mol. The van der Waals surface area contributed by atoms with Crippen molar-refractivity contribution < 1.29 is 4.39 Å². The van der Waals surface area contributed by atoms with Gasteiger partial charge < -0.3 is 10.2 Å². The summed E-state index contributed by atoms with van der Waals surface area (Å²) in [4.78, 5) is 2.18. The third-order valence-corrected chi connectivity index (χ3v) is 3.29. The Kier molecular flexibility index (Phi) is 5.16. The van der Waals surface area contributed by atoms with Crippen molar-refractivity contribution in [3.63, 3.8) is 0 Å². The quantitative estimate of drug-likeness (QED) is 0.823. The minimum atomic E-state index is -0.482. The largest absolute Gasteiger partial charge is 0.385 e. The fraction of sp³-hybridized carbons (Fsp3) is 0.235. The van der Waals surface area contributed by atoms with Crippen molar-refractivity contribution in [2.24, 2.45) is 0 Å². The topological polar surface area (TPSA) is 39.1 Å². The lowest BCUT2D eigenvalue weighted by Crippen LogP contribution is -2.20. The highest BCUT2D eigenvalue weighted by Crippen LogP contribution is 2.14. The van der Waals surface area contributed by atoms with E-state index in [9.17, 15) is 4.39 Å². The normalized spacial score (nSPS) is 9.95. The molecule has 0 heterocycles. The lowest BCUT2D eigenvalue weighted by Gasteiger charge is -2.19. The number of para-hydroxylation sites is 1. The van der Waals surface area contributed by atoms with E-state index in [0.29, 0.717) is 5.69 Å². The van der Waals surface area contributed by atoms with Crippen molar-refractivity contribution in [1.82, 2.24) is 0 Å². The second-order valence-electron chi connectivity index (χ2n) is 4.84. The number of hydrogen-bond donors (Lipinski definition) is 1. The predicted molar refractivity (Wildman–Crippen MR) is 83.9 cm³/mol. The van der Waals surface area contributed by atoms with Crippen LogP contribution >= 0.6 is 0 Å². The van der Waals surface area contributed by atoms with E-state index in [-0.39, 0.29) is 5.56 Å². The van der Waals surface area contributed by atoms with Crippen LogP contribution in [0.2, 0.25) is 0 Å². The molecule has 2 aromatic rings. The van der Waals surface area contributed by atoms with Gasteiger partial charge in [-0.3, -0.25) is 0 Å². The van der Waals surface area contributed by atoms with Gasteiger partial charge in [0.05, 0.1) is 5.56 Å². The van der Waals surface area contributed by atoms with E-state index in [1.165, 1.54) is 17.8 Å². The van der Waals surface area contributed by atoms with E-state index in [2.05, 4.69) is 29.4 Å². The van der Waals surface area contributed by atoms with Gasteiger partial charge >= 0.3 is 0 Å². The Morgan fingerprint density at radius 2 is 1.95 bits per heavy atom. The molecule has 2 aromatic carbocycles. The van der Waals surface area contributed by atoms with Crippen LogP contribution in [0.5, 0.6) is 0 Å². The maximum Gasteiger partial charge on any atom is 0.143 e. The Morgan fingerprint density at radius 3 is 2.62 bits per heavy atom. The molecule has 0 aliphatic heterocycles. The molecule has 0 aliphatic rings. The third kappa shape index (κ3) is 4.22. The van der Waals surface area contributed by atoms with Crippen LogP contribution in [0.4, 0.5) is 15.8 Å². The molecule has 0 unspecified atom stereocenters. The summed E-state index contributed by atoms with van der Waals surface area (Å²) in [6.07, 6.45) is 0.938. The molecule has 0 spiro atoms. The molecule has 2 rings (SSSR count). The van der Waals surface area contributed by atoms with Crippen LogP contribution in [0.25, 0.3) is 0 Å². The summed E-state index contributed by atoms with van der Waals surface area (Å²) in [5.74, 6) is -0.482. The number of hydrogen-bond acceptors (Lipinski definition) is 3. The van der Waals surface area contributed by atoms with Gasteiger partial charge in [-0.15, -0.1) is 0 Å². The third-order valence-electron chi connectivity index (χ3n) is 3.29. The zero-order valence-corrected chi connectivity index (χ0v) is 12.0. The molecule has 108 valence electrons. The molecule has 0 amide bonds. The zero-order valence-electron chi connectivity index (χ0n) is 12.0. The van der Waals surface area contributed by atoms with Crippen molar-refractivity contribution in [3.8, 4) is 6.07 Å². The van der Waals surface area contributed by atoms with E-state index < -0.39 is 5.82 Å². The molecule has 0 fully saturated rings. The number of benzene rings is 2. The Bertz CT molecular complexity index is 620. The van der Waals surface area contributed by atoms with E-state index in [1.54, 1.807) is 6.07 Å². The summed E-state index contributed by atoms with van der Waals surface area (Å²) in [5, 5.41) is 11.8. The van der Waals surface area contributed by atoms with Gasteiger partial charge in [-0.1, -0.05) is 18.2 Å². The molecule has 0 aromatic heterocycles. The SMILES string of the molecule is CN(CCCNc1ccc(C#N)c(F)c1)c1ccccc1. The van der Waals surface area contributed by atoms with Gasteiger partial charge in [-0.2, -0.15) is 5.26 Å². The number of halogens is 1. The first-order chi connectivity index (χ1) is 10.2. The molecule has 3 nitrogen and oxygen atoms in total.